The number of hydrogen-bond donors (Lipinski definition) is 1. The second kappa shape index (κ2) is 6.73. The summed E-state index contributed by atoms with van der Waals surface area (Å²) in [7, 11) is 0. The lowest BCUT2D eigenvalue weighted by atomic mass is 10.1. The molecule has 0 saturated carbocycles. The number of halogens is 1. The second-order valence-corrected chi connectivity index (χ2v) is 6.57. The predicted molar refractivity (Wildman–Crippen MR) is 82.4 cm³/mol. The van der Waals surface area contributed by atoms with Crippen molar-refractivity contribution in [2.45, 2.75) is 20.4 Å². The number of aromatic hydroxyl groups is 1. The van der Waals surface area contributed by atoms with Crippen LogP contribution in [0.3, 0.4) is 0 Å². The first-order valence-electron chi connectivity index (χ1n) is 6.97. The minimum absolute atomic E-state index is 0.382. The number of para-hydroxylation sites is 1. The largest absolute Gasteiger partial charge is 0.506 e. The number of hydrogen-bond acceptors (Lipinski definition) is 3. The van der Waals surface area contributed by atoms with E-state index in [0.717, 1.165) is 48.7 Å². The minimum atomic E-state index is 0.382. The Labute approximate surface area is 124 Å². The van der Waals surface area contributed by atoms with Gasteiger partial charge in [-0.2, -0.15) is 0 Å². The van der Waals surface area contributed by atoms with Gasteiger partial charge < -0.3 is 10.0 Å². The van der Waals surface area contributed by atoms with E-state index in [1.165, 1.54) is 6.54 Å². The fraction of sp³-hybridized carbons (Fsp3) is 0.600. The van der Waals surface area contributed by atoms with Crippen LogP contribution in [-0.2, 0) is 6.54 Å². The van der Waals surface area contributed by atoms with E-state index in [1.54, 1.807) is 0 Å². The first-order chi connectivity index (χ1) is 9.06. The van der Waals surface area contributed by atoms with Crippen molar-refractivity contribution in [3.8, 4) is 5.75 Å². The molecule has 2 rings (SSSR count). The lowest BCUT2D eigenvalue weighted by molar-refractivity contribution is 0.117. The summed E-state index contributed by atoms with van der Waals surface area (Å²) < 4.78 is 0.781. The van der Waals surface area contributed by atoms with Crippen LogP contribution in [0.5, 0.6) is 5.75 Å². The summed E-state index contributed by atoms with van der Waals surface area (Å²) in [4.78, 5) is 4.94. The molecule has 3 nitrogen and oxygen atoms in total. The highest BCUT2D eigenvalue weighted by molar-refractivity contribution is 9.10. The van der Waals surface area contributed by atoms with Crippen molar-refractivity contribution < 1.29 is 5.11 Å². The molecule has 4 heteroatoms. The van der Waals surface area contributed by atoms with E-state index < -0.39 is 0 Å². The molecule has 0 atom stereocenters. The number of phenols is 1. The highest BCUT2D eigenvalue weighted by Crippen LogP contribution is 2.28. The Kier molecular flexibility index (Phi) is 5.25. The third-order valence-electron chi connectivity index (χ3n) is 3.55. The van der Waals surface area contributed by atoms with Gasteiger partial charge in [-0.15, -0.1) is 0 Å². The number of rotatable bonds is 4. The van der Waals surface area contributed by atoms with Crippen LogP contribution < -0.4 is 0 Å². The highest BCUT2D eigenvalue weighted by atomic mass is 79.9. The summed E-state index contributed by atoms with van der Waals surface area (Å²) in [5.41, 5.74) is 1.01. The monoisotopic (exact) mass is 326 g/mol. The van der Waals surface area contributed by atoms with Crippen LogP contribution in [-0.4, -0.2) is 47.6 Å². The van der Waals surface area contributed by atoms with Crippen molar-refractivity contribution in [1.82, 2.24) is 9.80 Å². The lowest BCUT2D eigenvalue weighted by Crippen LogP contribution is -2.46. The van der Waals surface area contributed by atoms with E-state index in [2.05, 4.69) is 39.6 Å². The molecule has 106 valence electrons. The quantitative estimate of drug-likeness (QED) is 0.921. The van der Waals surface area contributed by atoms with Crippen molar-refractivity contribution in [1.29, 1.82) is 0 Å². The molecule has 1 aliphatic rings. The Morgan fingerprint density at radius 2 is 1.79 bits per heavy atom. The maximum atomic E-state index is 10.0. The molecule has 0 spiro atoms. The molecule has 19 heavy (non-hydrogen) atoms. The summed E-state index contributed by atoms with van der Waals surface area (Å²) in [6.07, 6.45) is 0. The number of nitrogens with zero attached hydrogens (tertiary/aromatic N) is 2. The first kappa shape index (κ1) is 14.8. The van der Waals surface area contributed by atoms with E-state index in [4.69, 9.17) is 0 Å². The van der Waals surface area contributed by atoms with Gasteiger partial charge in [-0.3, -0.25) is 4.90 Å². The van der Waals surface area contributed by atoms with E-state index >= 15 is 0 Å². The summed E-state index contributed by atoms with van der Waals surface area (Å²) in [6, 6.07) is 5.86. The maximum absolute atomic E-state index is 10.0. The molecule has 1 saturated heterocycles. The minimum Gasteiger partial charge on any atom is -0.506 e. The second-order valence-electron chi connectivity index (χ2n) is 5.72. The van der Waals surface area contributed by atoms with Gasteiger partial charge in [0.15, 0.2) is 0 Å². The van der Waals surface area contributed by atoms with Crippen molar-refractivity contribution in [2.75, 3.05) is 32.7 Å². The van der Waals surface area contributed by atoms with E-state index in [1.807, 2.05) is 18.2 Å². The molecular weight excluding hydrogens is 304 g/mol. The molecule has 0 aliphatic carbocycles. The van der Waals surface area contributed by atoms with Crippen molar-refractivity contribution in [3.05, 3.63) is 28.2 Å². The molecule has 0 bridgehead atoms. The van der Waals surface area contributed by atoms with E-state index in [-0.39, 0.29) is 0 Å². The summed E-state index contributed by atoms with van der Waals surface area (Å²) in [6.45, 7) is 11.0. The highest BCUT2D eigenvalue weighted by Gasteiger charge is 2.18. The Hall–Kier alpha value is -0.580. The fourth-order valence-corrected chi connectivity index (χ4v) is 2.98. The molecule has 0 amide bonds. The average Bonchev–Trinajstić information content (AvgIpc) is 2.37. The molecule has 1 aromatic carbocycles. The standard InChI is InChI=1S/C15H23BrN2O/c1-12(2)10-17-6-8-18(9-7-17)11-13-4-3-5-14(16)15(13)19/h3-5,12,19H,6-11H2,1-2H3. The third-order valence-corrected chi connectivity index (χ3v) is 4.19. The molecular formula is C15H23BrN2O. The van der Waals surface area contributed by atoms with Gasteiger partial charge in [0.05, 0.1) is 4.47 Å². The number of phenolic OH excluding ortho intramolecular Hbond substituents is 1. The van der Waals surface area contributed by atoms with Gasteiger partial charge in [-0.25, -0.2) is 0 Å². The van der Waals surface area contributed by atoms with Gasteiger partial charge >= 0.3 is 0 Å². The molecule has 1 aliphatic heterocycles. The van der Waals surface area contributed by atoms with Crippen LogP contribution in [0.1, 0.15) is 19.4 Å². The number of piperazine rings is 1. The van der Waals surface area contributed by atoms with Crippen molar-refractivity contribution in [2.24, 2.45) is 5.92 Å². The summed E-state index contributed by atoms with van der Waals surface area (Å²) in [5.74, 6) is 1.12. The van der Waals surface area contributed by atoms with Gasteiger partial charge in [0, 0.05) is 44.8 Å². The van der Waals surface area contributed by atoms with Crippen LogP contribution in [0.2, 0.25) is 0 Å². The van der Waals surface area contributed by atoms with Gasteiger partial charge in [0.1, 0.15) is 5.75 Å². The molecule has 0 unspecified atom stereocenters. The third kappa shape index (κ3) is 4.20. The van der Waals surface area contributed by atoms with Crippen LogP contribution in [0.4, 0.5) is 0 Å². The Morgan fingerprint density at radius 1 is 1.16 bits per heavy atom. The smallest absolute Gasteiger partial charge is 0.134 e. The Balaban J connectivity index is 1.87. The normalized spacial score (nSPS) is 18.1. The predicted octanol–water partition coefficient (Wildman–Crippen LogP) is 2.93. The fourth-order valence-electron chi connectivity index (χ4n) is 2.57. The van der Waals surface area contributed by atoms with Gasteiger partial charge in [0.25, 0.3) is 0 Å². The Morgan fingerprint density at radius 3 is 2.42 bits per heavy atom. The van der Waals surface area contributed by atoms with E-state index in [9.17, 15) is 5.11 Å². The van der Waals surface area contributed by atoms with E-state index in [0.29, 0.717) is 5.75 Å². The molecule has 1 fully saturated rings. The molecule has 1 N–H and O–H groups in total. The van der Waals surface area contributed by atoms with Crippen LogP contribution in [0.15, 0.2) is 22.7 Å². The molecule has 0 aromatic heterocycles. The van der Waals surface area contributed by atoms with Crippen molar-refractivity contribution >= 4 is 15.9 Å². The maximum Gasteiger partial charge on any atom is 0.134 e. The van der Waals surface area contributed by atoms with Gasteiger partial charge in [-0.1, -0.05) is 26.0 Å². The van der Waals surface area contributed by atoms with Gasteiger partial charge in [-0.05, 0) is 27.9 Å². The zero-order chi connectivity index (χ0) is 13.8. The lowest BCUT2D eigenvalue weighted by Gasteiger charge is -2.35. The number of benzene rings is 1. The van der Waals surface area contributed by atoms with Crippen LogP contribution in [0.25, 0.3) is 0 Å². The zero-order valence-electron chi connectivity index (χ0n) is 11.8. The van der Waals surface area contributed by atoms with Crippen LogP contribution in [0, 0.1) is 5.92 Å². The Bertz CT molecular complexity index is 415. The zero-order valence-corrected chi connectivity index (χ0v) is 13.4. The SMILES string of the molecule is CC(C)CN1CCN(Cc2cccc(Br)c2O)CC1. The van der Waals surface area contributed by atoms with Crippen molar-refractivity contribution in [3.63, 3.8) is 0 Å². The topological polar surface area (TPSA) is 26.7 Å². The first-order valence-corrected chi connectivity index (χ1v) is 7.76. The molecule has 0 radical (unpaired) electrons. The summed E-state index contributed by atoms with van der Waals surface area (Å²) in [5, 5.41) is 10.0. The van der Waals surface area contributed by atoms with Crippen LogP contribution >= 0.6 is 15.9 Å². The van der Waals surface area contributed by atoms with Gasteiger partial charge in [0.2, 0.25) is 0 Å². The average molecular weight is 327 g/mol. The molecule has 1 aromatic rings. The molecule has 1 heterocycles. The summed E-state index contributed by atoms with van der Waals surface area (Å²) >= 11 is 3.37.